The van der Waals surface area contributed by atoms with Gasteiger partial charge in [-0.1, -0.05) is 23.7 Å². The topological polar surface area (TPSA) is 45.5 Å². The summed E-state index contributed by atoms with van der Waals surface area (Å²) in [5, 5.41) is 5.83. The Kier molecular flexibility index (Phi) is 2.85. The SMILES string of the molecule is C[C@H]1O[C@@H](n2nc(Cl)c3ccccc32)[C@@H]2OC(C)(C)O[C@@H]21. The molecule has 2 aromatic rings. The van der Waals surface area contributed by atoms with Crippen LogP contribution in [0.3, 0.4) is 0 Å². The largest absolute Gasteiger partial charge is 0.348 e. The summed E-state index contributed by atoms with van der Waals surface area (Å²) in [4.78, 5) is 0. The fraction of sp³-hybridized carbons (Fsp3) is 0.533. The van der Waals surface area contributed by atoms with E-state index in [-0.39, 0.29) is 24.5 Å². The zero-order valence-corrected chi connectivity index (χ0v) is 12.9. The van der Waals surface area contributed by atoms with Gasteiger partial charge in [-0.25, -0.2) is 4.68 Å². The van der Waals surface area contributed by atoms with E-state index in [1.807, 2.05) is 49.7 Å². The van der Waals surface area contributed by atoms with E-state index in [2.05, 4.69) is 5.10 Å². The molecule has 0 bridgehead atoms. The summed E-state index contributed by atoms with van der Waals surface area (Å²) in [7, 11) is 0. The lowest BCUT2D eigenvalue weighted by Gasteiger charge is -2.23. The van der Waals surface area contributed by atoms with E-state index in [0.717, 1.165) is 10.9 Å². The third-order valence-electron chi connectivity index (χ3n) is 4.07. The van der Waals surface area contributed by atoms with Gasteiger partial charge in [0.2, 0.25) is 0 Å². The van der Waals surface area contributed by atoms with Crippen LogP contribution in [0, 0.1) is 0 Å². The van der Waals surface area contributed by atoms with E-state index >= 15 is 0 Å². The quantitative estimate of drug-likeness (QED) is 0.812. The number of halogens is 1. The molecular weight excluding hydrogens is 292 g/mol. The highest BCUT2D eigenvalue weighted by Crippen LogP contribution is 2.43. The molecular formula is C15H17ClN2O3. The highest BCUT2D eigenvalue weighted by Gasteiger charge is 2.54. The highest BCUT2D eigenvalue weighted by molar-refractivity contribution is 6.34. The average Bonchev–Trinajstić information content (AvgIpc) is 3.02. The molecule has 1 aromatic carbocycles. The van der Waals surface area contributed by atoms with Gasteiger partial charge in [-0.3, -0.25) is 0 Å². The Bertz CT molecular complexity index is 699. The fourth-order valence-corrected chi connectivity index (χ4v) is 3.46. The molecule has 0 amide bonds. The summed E-state index contributed by atoms with van der Waals surface area (Å²) in [6, 6.07) is 7.84. The summed E-state index contributed by atoms with van der Waals surface area (Å²) in [6.07, 6.45) is -0.659. The maximum atomic E-state index is 6.23. The summed E-state index contributed by atoms with van der Waals surface area (Å²) in [5.74, 6) is -0.599. The molecule has 0 saturated carbocycles. The number of hydrogen-bond acceptors (Lipinski definition) is 4. The number of ether oxygens (including phenoxy) is 3. The molecule has 2 aliphatic heterocycles. The van der Waals surface area contributed by atoms with Crippen LogP contribution in [-0.4, -0.2) is 33.9 Å². The van der Waals surface area contributed by atoms with Gasteiger partial charge in [0, 0.05) is 5.39 Å². The van der Waals surface area contributed by atoms with Crippen LogP contribution < -0.4 is 0 Å². The van der Waals surface area contributed by atoms with Crippen molar-refractivity contribution in [1.82, 2.24) is 9.78 Å². The van der Waals surface area contributed by atoms with Crippen LogP contribution in [0.5, 0.6) is 0 Å². The number of rotatable bonds is 1. The van der Waals surface area contributed by atoms with E-state index in [1.54, 1.807) is 0 Å². The van der Waals surface area contributed by atoms with Gasteiger partial charge in [-0.15, -0.1) is 0 Å². The molecule has 1 aromatic heterocycles. The van der Waals surface area contributed by atoms with Gasteiger partial charge < -0.3 is 14.2 Å². The number of para-hydroxylation sites is 1. The van der Waals surface area contributed by atoms with Gasteiger partial charge in [0.25, 0.3) is 0 Å². The second-order valence-electron chi connectivity index (χ2n) is 6.05. The molecule has 4 atom stereocenters. The zero-order chi connectivity index (χ0) is 14.8. The van der Waals surface area contributed by atoms with E-state index in [9.17, 15) is 0 Å². The number of nitrogens with zero attached hydrogens (tertiary/aromatic N) is 2. The van der Waals surface area contributed by atoms with Crippen LogP contribution >= 0.6 is 11.6 Å². The van der Waals surface area contributed by atoms with Crippen molar-refractivity contribution in [3.63, 3.8) is 0 Å². The van der Waals surface area contributed by atoms with E-state index in [4.69, 9.17) is 25.8 Å². The maximum Gasteiger partial charge on any atom is 0.180 e. The van der Waals surface area contributed by atoms with Gasteiger partial charge in [0.1, 0.15) is 12.2 Å². The van der Waals surface area contributed by atoms with E-state index < -0.39 is 5.79 Å². The van der Waals surface area contributed by atoms with Crippen LogP contribution in [0.15, 0.2) is 24.3 Å². The zero-order valence-electron chi connectivity index (χ0n) is 12.1. The van der Waals surface area contributed by atoms with Crippen LogP contribution in [0.2, 0.25) is 5.15 Å². The van der Waals surface area contributed by atoms with Crippen molar-refractivity contribution in [2.24, 2.45) is 0 Å². The van der Waals surface area contributed by atoms with Crippen molar-refractivity contribution in [3.8, 4) is 0 Å². The molecule has 0 N–H and O–H groups in total. The van der Waals surface area contributed by atoms with Crippen LogP contribution in [0.25, 0.3) is 10.9 Å². The van der Waals surface area contributed by atoms with E-state index in [1.165, 1.54) is 0 Å². The smallest absolute Gasteiger partial charge is 0.180 e. The monoisotopic (exact) mass is 308 g/mol. The molecule has 6 heteroatoms. The standard InChI is InChI=1S/C15H17ClN2O3/c1-8-11-12(21-15(2,3)20-11)14(19-8)18-10-7-5-4-6-9(10)13(16)17-18/h4-8,11-12,14H,1-3H3/t8-,11-,12-,14-/m1/s1. The first-order valence-corrected chi connectivity index (χ1v) is 7.48. The maximum absolute atomic E-state index is 6.23. The van der Waals surface area contributed by atoms with Crippen LogP contribution in [-0.2, 0) is 14.2 Å². The predicted octanol–water partition coefficient (Wildman–Crippen LogP) is 3.13. The number of aromatic nitrogens is 2. The lowest BCUT2D eigenvalue weighted by atomic mass is 10.1. The Balaban J connectivity index is 1.79. The number of fused-ring (bicyclic) bond motifs is 2. The van der Waals surface area contributed by atoms with Crippen molar-refractivity contribution >= 4 is 22.5 Å². The summed E-state index contributed by atoms with van der Waals surface area (Å²) in [6.45, 7) is 5.84. The Morgan fingerprint density at radius 1 is 1.19 bits per heavy atom. The van der Waals surface area contributed by atoms with E-state index in [0.29, 0.717) is 5.15 Å². The van der Waals surface area contributed by atoms with Gasteiger partial charge in [0.15, 0.2) is 17.2 Å². The molecule has 0 unspecified atom stereocenters. The molecule has 2 aliphatic rings. The average molecular weight is 309 g/mol. The number of benzene rings is 1. The van der Waals surface area contributed by atoms with Crippen molar-refractivity contribution in [3.05, 3.63) is 29.4 Å². The normalized spacial score (nSPS) is 34.5. The number of hydrogen-bond donors (Lipinski definition) is 0. The molecule has 112 valence electrons. The van der Waals surface area contributed by atoms with Gasteiger partial charge in [-0.2, -0.15) is 5.10 Å². The Labute approximate surface area is 127 Å². The summed E-state index contributed by atoms with van der Waals surface area (Å²) < 4.78 is 19.8. The molecule has 5 nitrogen and oxygen atoms in total. The fourth-order valence-electron chi connectivity index (χ4n) is 3.22. The first-order chi connectivity index (χ1) is 9.96. The molecule has 0 spiro atoms. The molecule has 3 heterocycles. The summed E-state index contributed by atoms with van der Waals surface area (Å²) in [5.41, 5.74) is 0.939. The van der Waals surface area contributed by atoms with Crippen molar-refractivity contribution < 1.29 is 14.2 Å². The van der Waals surface area contributed by atoms with Gasteiger partial charge in [-0.05, 0) is 32.9 Å². The predicted molar refractivity (Wildman–Crippen MR) is 78.2 cm³/mol. The summed E-state index contributed by atoms with van der Waals surface area (Å²) >= 11 is 6.23. The molecule has 0 aliphatic carbocycles. The molecule has 2 fully saturated rings. The minimum Gasteiger partial charge on any atom is -0.348 e. The second-order valence-corrected chi connectivity index (χ2v) is 6.41. The van der Waals surface area contributed by atoms with Crippen molar-refractivity contribution in [2.45, 2.75) is 51.1 Å². The lowest BCUT2D eigenvalue weighted by molar-refractivity contribution is -0.195. The molecule has 0 radical (unpaired) electrons. The highest BCUT2D eigenvalue weighted by atomic mass is 35.5. The third kappa shape index (κ3) is 1.99. The minimum atomic E-state index is -0.599. The van der Waals surface area contributed by atoms with Gasteiger partial charge >= 0.3 is 0 Å². The van der Waals surface area contributed by atoms with Gasteiger partial charge in [0.05, 0.1) is 11.6 Å². The molecule has 2 saturated heterocycles. The minimum absolute atomic E-state index is 0.0523. The van der Waals surface area contributed by atoms with Crippen molar-refractivity contribution in [1.29, 1.82) is 0 Å². The third-order valence-corrected chi connectivity index (χ3v) is 4.35. The first kappa shape index (κ1) is 13.5. The first-order valence-electron chi connectivity index (χ1n) is 7.10. The van der Waals surface area contributed by atoms with Crippen LogP contribution in [0.1, 0.15) is 27.0 Å². The van der Waals surface area contributed by atoms with Crippen LogP contribution in [0.4, 0.5) is 0 Å². The Hall–Kier alpha value is -1.14. The Morgan fingerprint density at radius 3 is 2.71 bits per heavy atom. The van der Waals surface area contributed by atoms with Crippen molar-refractivity contribution in [2.75, 3.05) is 0 Å². The molecule has 21 heavy (non-hydrogen) atoms. The Morgan fingerprint density at radius 2 is 1.90 bits per heavy atom. The second kappa shape index (κ2) is 4.43. The molecule has 4 rings (SSSR count). The lowest BCUT2D eigenvalue weighted by Crippen LogP contribution is -2.28.